The van der Waals surface area contributed by atoms with E-state index in [0.717, 1.165) is 17.8 Å². The highest BCUT2D eigenvalue weighted by molar-refractivity contribution is 7.89. The van der Waals surface area contributed by atoms with Crippen LogP contribution in [-0.4, -0.2) is 49.8 Å². The number of rotatable bonds is 5. The van der Waals surface area contributed by atoms with E-state index in [2.05, 4.69) is 14.7 Å². The fourth-order valence-corrected chi connectivity index (χ4v) is 3.54. The summed E-state index contributed by atoms with van der Waals surface area (Å²) in [6.45, 7) is 2.85. The number of nitrogens with one attached hydrogen (secondary N) is 1. The largest absolute Gasteiger partial charge is 0.464 e. The number of sulfonamides is 1. The number of ether oxygens (including phenoxy) is 1. The molecule has 2 heterocycles. The lowest BCUT2D eigenvalue weighted by molar-refractivity contribution is 0.0592. The highest BCUT2D eigenvalue weighted by Crippen LogP contribution is 2.18. The van der Waals surface area contributed by atoms with Gasteiger partial charge in [0.15, 0.2) is 5.69 Å². The molecule has 0 atom stereocenters. The summed E-state index contributed by atoms with van der Waals surface area (Å²) >= 11 is 0. The Labute approximate surface area is 146 Å². The van der Waals surface area contributed by atoms with Gasteiger partial charge in [0.2, 0.25) is 10.0 Å². The van der Waals surface area contributed by atoms with Gasteiger partial charge in [-0.25, -0.2) is 17.9 Å². The Hall–Kier alpha value is -2.23. The fourth-order valence-electron chi connectivity index (χ4n) is 2.81. The average molecular weight is 364 g/mol. The summed E-state index contributed by atoms with van der Waals surface area (Å²) in [5.74, 6) is -0.435. The summed E-state index contributed by atoms with van der Waals surface area (Å²) in [4.78, 5) is 14.0. The van der Waals surface area contributed by atoms with Crippen LogP contribution in [-0.2, 0) is 34.4 Å². The first-order valence-corrected chi connectivity index (χ1v) is 9.31. The van der Waals surface area contributed by atoms with Crippen molar-refractivity contribution in [3.8, 4) is 0 Å². The maximum Gasteiger partial charge on any atom is 0.358 e. The third kappa shape index (κ3) is 3.73. The minimum Gasteiger partial charge on any atom is -0.464 e. The summed E-state index contributed by atoms with van der Waals surface area (Å²) in [5, 5.41) is 4.25. The third-order valence-electron chi connectivity index (χ3n) is 4.18. The first kappa shape index (κ1) is 17.6. The SMILES string of the molecule is CNS(=O)(=O)c1ccc(CN2CCn3nc(C(=O)OC)cc3C2)cc1. The Morgan fingerprint density at radius 1 is 1.28 bits per heavy atom. The first-order chi connectivity index (χ1) is 11.9. The van der Waals surface area contributed by atoms with Gasteiger partial charge in [0.1, 0.15) is 0 Å². The van der Waals surface area contributed by atoms with Gasteiger partial charge in [0.25, 0.3) is 0 Å². The summed E-state index contributed by atoms with van der Waals surface area (Å²) in [6.07, 6.45) is 0. The molecule has 1 aromatic carbocycles. The molecule has 25 heavy (non-hydrogen) atoms. The molecule has 0 spiro atoms. The van der Waals surface area contributed by atoms with Crippen molar-refractivity contribution in [2.75, 3.05) is 20.7 Å². The van der Waals surface area contributed by atoms with Crippen molar-refractivity contribution in [3.63, 3.8) is 0 Å². The quantitative estimate of drug-likeness (QED) is 0.781. The highest BCUT2D eigenvalue weighted by Gasteiger charge is 2.21. The predicted octanol–water partition coefficient (Wildman–Crippen LogP) is 0.594. The first-order valence-electron chi connectivity index (χ1n) is 7.83. The van der Waals surface area contributed by atoms with E-state index < -0.39 is 16.0 Å². The second kappa shape index (κ2) is 6.95. The van der Waals surface area contributed by atoms with Crippen molar-refractivity contribution >= 4 is 16.0 Å². The average Bonchev–Trinajstić information content (AvgIpc) is 3.05. The molecule has 134 valence electrons. The van der Waals surface area contributed by atoms with E-state index in [1.165, 1.54) is 14.2 Å². The van der Waals surface area contributed by atoms with Gasteiger partial charge in [-0.15, -0.1) is 0 Å². The normalized spacial score (nSPS) is 15.0. The monoisotopic (exact) mass is 364 g/mol. The molecule has 1 aliphatic heterocycles. The molecule has 2 aromatic rings. The molecule has 1 N–H and O–H groups in total. The van der Waals surface area contributed by atoms with Gasteiger partial charge in [-0.05, 0) is 30.8 Å². The zero-order chi connectivity index (χ0) is 18.0. The number of esters is 1. The van der Waals surface area contributed by atoms with Crippen LogP contribution in [0.25, 0.3) is 0 Å². The van der Waals surface area contributed by atoms with Gasteiger partial charge in [0, 0.05) is 19.6 Å². The molecule has 0 bridgehead atoms. The van der Waals surface area contributed by atoms with Gasteiger partial charge in [-0.3, -0.25) is 9.58 Å². The van der Waals surface area contributed by atoms with Crippen LogP contribution in [0.1, 0.15) is 21.7 Å². The number of nitrogens with zero attached hydrogens (tertiary/aromatic N) is 3. The molecule has 0 aliphatic carbocycles. The van der Waals surface area contributed by atoms with E-state index in [1.807, 2.05) is 16.8 Å². The lowest BCUT2D eigenvalue weighted by Gasteiger charge is -2.27. The van der Waals surface area contributed by atoms with Crippen molar-refractivity contribution in [2.24, 2.45) is 0 Å². The molecule has 1 aliphatic rings. The number of fused-ring (bicyclic) bond motifs is 1. The number of methoxy groups -OCH3 is 1. The maximum absolute atomic E-state index is 11.8. The van der Waals surface area contributed by atoms with E-state index >= 15 is 0 Å². The van der Waals surface area contributed by atoms with Crippen molar-refractivity contribution in [1.82, 2.24) is 19.4 Å². The number of hydrogen-bond acceptors (Lipinski definition) is 6. The number of carbonyl (C=O) groups is 1. The van der Waals surface area contributed by atoms with E-state index in [1.54, 1.807) is 18.2 Å². The lowest BCUT2D eigenvalue weighted by Crippen LogP contribution is -2.33. The molecule has 0 saturated carbocycles. The zero-order valence-corrected chi connectivity index (χ0v) is 14.9. The Morgan fingerprint density at radius 3 is 2.64 bits per heavy atom. The number of carbonyl (C=O) groups excluding carboxylic acids is 1. The molecule has 0 fully saturated rings. The van der Waals surface area contributed by atoms with Gasteiger partial charge in [0.05, 0.1) is 24.2 Å². The molecular formula is C16H20N4O4S. The van der Waals surface area contributed by atoms with Crippen molar-refractivity contribution in [2.45, 2.75) is 24.5 Å². The lowest BCUT2D eigenvalue weighted by atomic mass is 10.2. The van der Waals surface area contributed by atoms with E-state index in [-0.39, 0.29) is 4.90 Å². The summed E-state index contributed by atoms with van der Waals surface area (Å²) in [6, 6.07) is 8.59. The van der Waals surface area contributed by atoms with Crippen LogP contribution < -0.4 is 4.72 Å². The smallest absolute Gasteiger partial charge is 0.358 e. The van der Waals surface area contributed by atoms with Crippen LogP contribution in [0.15, 0.2) is 35.2 Å². The van der Waals surface area contributed by atoms with Crippen LogP contribution in [0.2, 0.25) is 0 Å². The molecule has 1 aromatic heterocycles. The van der Waals surface area contributed by atoms with Crippen LogP contribution >= 0.6 is 0 Å². The minimum absolute atomic E-state index is 0.248. The summed E-state index contributed by atoms with van der Waals surface area (Å²) in [7, 11) is -0.685. The topological polar surface area (TPSA) is 93.5 Å². The standard InChI is InChI=1S/C16H20N4O4S/c1-17-25(22,23)14-5-3-12(4-6-14)10-19-7-8-20-13(11-19)9-15(18-20)16(21)24-2/h3-6,9,17H,7-8,10-11H2,1-2H3. The fraction of sp³-hybridized carbons (Fsp3) is 0.375. The van der Waals surface area contributed by atoms with Gasteiger partial charge >= 0.3 is 5.97 Å². The third-order valence-corrected chi connectivity index (χ3v) is 5.61. The van der Waals surface area contributed by atoms with E-state index in [4.69, 9.17) is 4.74 Å². The molecule has 0 saturated heterocycles. The predicted molar refractivity (Wildman–Crippen MR) is 90.4 cm³/mol. The molecule has 9 heteroatoms. The molecule has 3 rings (SSSR count). The van der Waals surface area contributed by atoms with E-state index in [0.29, 0.717) is 25.3 Å². The van der Waals surface area contributed by atoms with Gasteiger partial charge in [-0.2, -0.15) is 5.10 Å². The van der Waals surface area contributed by atoms with Crippen LogP contribution in [0, 0.1) is 0 Å². The summed E-state index contributed by atoms with van der Waals surface area (Å²) in [5.41, 5.74) is 2.30. The Balaban J connectivity index is 1.69. The molecule has 0 unspecified atom stereocenters. The van der Waals surface area contributed by atoms with Crippen molar-refractivity contribution in [3.05, 3.63) is 47.3 Å². The summed E-state index contributed by atoms with van der Waals surface area (Å²) < 4.78 is 32.3. The molecule has 0 amide bonds. The molecular weight excluding hydrogens is 344 g/mol. The van der Waals surface area contributed by atoms with Gasteiger partial charge < -0.3 is 4.74 Å². The highest BCUT2D eigenvalue weighted by atomic mass is 32.2. The van der Waals surface area contributed by atoms with E-state index in [9.17, 15) is 13.2 Å². The number of benzene rings is 1. The maximum atomic E-state index is 11.8. The number of hydrogen-bond donors (Lipinski definition) is 1. The zero-order valence-electron chi connectivity index (χ0n) is 14.1. The van der Waals surface area contributed by atoms with Gasteiger partial charge in [-0.1, -0.05) is 12.1 Å². The molecule has 8 nitrogen and oxygen atoms in total. The van der Waals surface area contributed by atoms with Crippen LogP contribution in [0.3, 0.4) is 0 Å². The second-order valence-corrected chi connectivity index (χ2v) is 7.68. The Bertz CT molecular complexity index is 874. The minimum atomic E-state index is -3.41. The Kier molecular flexibility index (Phi) is 4.89. The second-order valence-electron chi connectivity index (χ2n) is 5.80. The van der Waals surface area contributed by atoms with Crippen LogP contribution in [0.5, 0.6) is 0 Å². The Morgan fingerprint density at radius 2 is 2.00 bits per heavy atom. The van der Waals surface area contributed by atoms with Crippen molar-refractivity contribution in [1.29, 1.82) is 0 Å². The molecule has 0 radical (unpaired) electrons. The van der Waals surface area contributed by atoms with Crippen LogP contribution in [0.4, 0.5) is 0 Å². The number of aromatic nitrogens is 2. The van der Waals surface area contributed by atoms with Crippen molar-refractivity contribution < 1.29 is 17.9 Å².